The SMILES string of the molecule is CN1CCOCC1.c1cnn(C2CC2)c1. The zero-order valence-electron chi connectivity index (χ0n) is 9.30. The third-order valence-electron chi connectivity index (χ3n) is 2.68. The lowest BCUT2D eigenvalue weighted by molar-refractivity contribution is 0.0503. The van der Waals surface area contributed by atoms with Crippen LogP contribution in [0.25, 0.3) is 0 Å². The predicted octanol–water partition coefficient (Wildman–Crippen LogP) is 1.17. The molecule has 2 heterocycles. The molecule has 0 aromatic carbocycles. The molecule has 84 valence electrons. The summed E-state index contributed by atoms with van der Waals surface area (Å²) in [4.78, 5) is 2.27. The van der Waals surface area contributed by atoms with Crippen molar-refractivity contribution in [3.05, 3.63) is 18.5 Å². The zero-order chi connectivity index (χ0) is 10.5. The van der Waals surface area contributed by atoms with Crippen molar-refractivity contribution < 1.29 is 4.74 Å². The number of aromatic nitrogens is 2. The van der Waals surface area contributed by atoms with Crippen LogP contribution in [0.2, 0.25) is 0 Å². The van der Waals surface area contributed by atoms with Crippen LogP contribution in [0.15, 0.2) is 18.5 Å². The third-order valence-corrected chi connectivity index (χ3v) is 2.68. The molecule has 3 rings (SSSR count). The standard InChI is InChI=1S/C6H8N2.C5H11NO/c1-4-7-8(5-1)6-2-3-6;1-6-2-4-7-5-3-6/h1,4-6H,2-3H2;2-5H2,1H3. The molecule has 0 atom stereocenters. The minimum Gasteiger partial charge on any atom is -0.379 e. The van der Waals surface area contributed by atoms with Crippen molar-refractivity contribution in [1.82, 2.24) is 14.7 Å². The highest BCUT2D eigenvalue weighted by Crippen LogP contribution is 2.33. The Labute approximate surface area is 90.8 Å². The lowest BCUT2D eigenvalue weighted by Gasteiger charge is -2.21. The molecule has 15 heavy (non-hydrogen) atoms. The van der Waals surface area contributed by atoms with Crippen LogP contribution in [-0.4, -0.2) is 48.0 Å². The van der Waals surface area contributed by atoms with Crippen LogP contribution < -0.4 is 0 Å². The summed E-state index contributed by atoms with van der Waals surface area (Å²) in [6.07, 6.45) is 6.50. The van der Waals surface area contributed by atoms with Gasteiger partial charge in [-0.1, -0.05) is 0 Å². The van der Waals surface area contributed by atoms with Crippen molar-refractivity contribution in [2.75, 3.05) is 33.4 Å². The number of likely N-dealkylation sites (N-methyl/N-ethyl adjacent to an activating group) is 1. The van der Waals surface area contributed by atoms with Gasteiger partial charge in [-0.15, -0.1) is 0 Å². The molecule has 1 aromatic rings. The van der Waals surface area contributed by atoms with E-state index in [9.17, 15) is 0 Å². The molecular weight excluding hydrogens is 190 g/mol. The molecule has 1 aliphatic carbocycles. The molecule has 1 saturated heterocycles. The fourth-order valence-corrected chi connectivity index (χ4v) is 1.49. The van der Waals surface area contributed by atoms with Crippen molar-refractivity contribution in [2.24, 2.45) is 0 Å². The second-order valence-electron chi connectivity index (χ2n) is 4.13. The molecule has 4 heteroatoms. The second-order valence-corrected chi connectivity index (χ2v) is 4.13. The first kappa shape index (κ1) is 10.6. The number of rotatable bonds is 1. The van der Waals surface area contributed by atoms with Gasteiger partial charge in [0.05, 0.1) is 19.3 Å². The highest BCUT2D eigenvalue weighted by atomic mass is 16.5. The Morgan fingerprint density at radius 3 is 2.40 bits per heavy atom. The van der Waals surface area contributed by atoms with Crippen molar-refractivity contribution >= 4 is 0 Å². The van der Waals surface area contributed by atoms with E-state index in [0.717, 1.165) is 32.3 Å². The largest absolute Gasteiger partial charge is 0.379 e. The van der Waals surface area contributed by atoms with Crippen molar-refractivity contribution in [2.45, 2.75) is 18.9 Å². The Balaban J connectivity index is 0.000000115. The molecule has 0 bridgehead atoms. The molecule has 0 amide bonds. The van der Waals surface area contributed by atoms with Gasteiger partial charge < -0.3 is 9.64 Å². The Kier molecular flexibility index (Phi) is 3.75. The maximum Gasteiger partial charge on any atom is 0.0594 e. The van der Waals surface area contributed by atoms with E-state index in [0.29, 0.717) is 0 Å². The van der Waals surface area contributed by atoms with Crippen molar-refractivity contribution in [3.63, 3.8) is 0 Å². The fraction of sp³-hybridized carbons (Fsp3) is 0.727. The summed E-state index contributed by atoms with van der Waals surface area (Å²) in [7, 11) is 2.11. The van der Waals surface area contributed by atoms with Crippen LogP contribution in [0.3, 0.4) is 0 Å². The molecular formula is C11H19N3O. The van der Waals surface area contributed by atoms with Gasteiger partial charge in [0.25, 0.3) is 0 Å². The van der Waals surface area contributed by atoms with Crippen LogP contribution in [-0.2, 0) is 4.74 Å². The van der Waals surface area contributed by atoms with E-state index in [1.165, 1.54) is 12.8 Å². The smallest absolute Gasteiger partial charge is 0.0594 e. The average Bonchev–Trinajstić information content (AvgIpc) is 2.97. The molecule has 0 radical (unpaired) electrons. The summed E-state index contributed by atoms with van der Waals surface area (Å²) < 4.78 is 7.13. The summed E-state index contributed by atoms with van der Waals surface area (Å²) in [5, 5.41) is 4.09. The quantitative estimate of drug-likeness (QED) is 0.695. The van der Waals surface area contributed by atoms with E-state index in [2.05, 4.69) is 17.0 Å². The highest BCUT2D eigenvalue weighted by Gasteiger charge is 2.22. The van der Waals surface area contributed by atoms with E-state index >= 15 is 0 Å². The molecule has 2 fully saturated rings. The van der Waals surface area contributed by atoms with Gasteiger partial charge in [0.15, 0.2) is 0 Å². The van der Waals surface area contributed by atoms with Crippen LogP contribution in [0.5, 0.6) is 0 Å². The Morgan fingerprint density at radius 2 is 2.00 bits per heavy atom. The van der Waals surface area contributed by atoms with Gasteiger partial charge in [-0.3, -0.25) is 4.68 Å². The first-order valence-electron chi connectivity index (χ1n) is 5.61. The van der Waals surface area contributed by atoms with Crippen molar-refractivity contribution in [1.29, 1.82) is 0 Å². The van der Waals surface area contributed by atoms with Gasteiger partial charge in [-0.05, 0) is 26.0 Å². The number of hydrogen-bond acceptors (Lipinski definition) is 3. The lowest BCUT2D eigenvalue weighted by atomic mass is 10.5. The lowest BCUT2D eigenvalue weighted by Crippen LogP contribution is -2.32. The topological polar surface area (TPSA) is 30.3 Å². The van der Waals surface area contributed by atoms with Crippen LogP contribution in [0, 0.1) is 0 Å². The van der Waals surface area contributed by atoms with Gasteiger partial charge in [0, 0.05) is 25.5 Å². The van der Waals surface area contributed by atoms with Crippen LogP contribution in [0.1, 0.15) is 18.9 Å². The fourth-order valence-electron chi connectivity index (χ4n) is 1.49. The van der Waals surface area contributed by atoms with Gasteiger partial charge >= 0.3 is 0 Å². The average molecular weight is 209 g/mol. The van der Waals surface area contributed by atoms with Gasteiger partial charge in [-0.25, -0.2) is 0 Å². The molecule has 1 aliphatic heterocycles. The van der Waals surface area contributed by atoms with Gasteiger partial charge in [0.1, 0.15) is 0 Å². The third kappa shape index (κ3) is 3.64. The monoisotopic (exact) mass is 209 g/mol. The van der Waals surface area contributed by atoms with E-state index in [1.807, 2.05) is 23.1 Å². The van der Waals surface area contributed by atoms with E-state index < -0.39 is 0 Å². The molecule has 2 aliphatic rings. The van der Waals surface area contributed by atoms with Crippen LogP contribution in [0.4, 0.5) is 0 Å². The summed E-state index contributed by atoms with van der Waals surface area (Å²) in [5.41, 5.74) is 0. The Hall–Kier alpha value is -0.870. The second kappa shape index (κ2) is 5.28. The van der Waals surface area contributed by atoms with E-state index in [1.54, 1.807) is 0 Å². The predicted molar refractivity (Wildman–Crippen MR) is 58.8 cm³/mol. The van der Waals surface area contributed by atoms with Gasteiger partial charge in [-0.2, -0.15) is 5.10 Å². The van der Waals surface area contributed by atoms with E-state index in [4.69, 9.17) is 4.74 Å². The van der Waals surface area contributed by atoms with Gasteiger partial charge in [0.2, 0.25) is 0 Å². The zero-order valence-corrected chi connectivity index (χ0v) is 9.30. The summed E-state index contributed by atoms with van der Waals surface area (Å²) in [6.45, 7) is 4.02. The minimum atomic E-state index is 0.741. The first-order chi connectivity index (χ1) is 7.36. The maximum atomic E-state index is 5.10. The highest BCUT2D eigenvalue weighted by molar-refractivity contribution is 4.87. The van der Waals surface area contributed by atoms with E-state index in [-0.39, 0.29) is 0 Å². The summed E-state index contributed by atoms with van der Waals surface area (Å²) in [6, 6.07) is 2.71. The minimum absolute atomic E-state index is 0.741. The molecule has 0 unspecified atom stereocenters. The first-order valence-corrected chi connectivity index (χ1v) is 5.61. The summed E-state index contributed by atoms with van der Waals surface area (Å²) >= 11 is 0. The van der Waals surface area contributed by atoms with Crippen molar-refractivity contribution in [3.8, 4) is 0 Å². The van der Waals surface area contributed by atoms with Crippen LogP contribution >= 0.6 is 0 Å². The molecule has 0 spiro atoms. The number of ether oxygens (including phenoxy) is 1. The Bertz CT molecular complexity index is 263. The maximum absolute atomic E-state index is 5.10. The summed E-state index contributed by atoms with van der Waals surface area (Å²) in [5.74, 6) is 0. The normalized spacial score (nSPS) is 21.9. The molecule has 1 aromatic heterocycles. The molecule has 1 saturated carbocycles. The number of morpholine rings is 1. The number of nitrogens with zero attached hydrogens (tertiary/aromatic N) is 3. The molecule has 4 nitrogen and oxygen atoms in total. The number of hydrogen-bond donors (Lipinski definition) is 0. The Morgan fingerprint density at radius 1 is 1.27 bits per heavy atom. The molecule has 0 N–H and O–H groups in total.